The summed E-state index contributed by atoms with van der Waals surface area (Å²) < 4.78 is 0. The Morgan fingerprint density at radius 3 is 2.65 bits per heavy atom. The zero-order chi connectivity index (χ0) is 16.5. The third-order valence-electron chi connectivity index (χ3n) is 3.43. The van der Waals surface area contributed by atoms with E-state index in [-0.39, 0.29) is 36.6 Å². The van der Waals surface area contributed by atoms with Crippen LogP contribution in [0, 0.1) is 10.1 Å². The molecule has 1 rings (SSSR count). The summed E-state index contributed by atoms with van der Waals surface area (Å²) in [6.45, 7) is 2.52. The molecule has 0 saturated heterocycles. The number of hydrogen-bond donors (Lipinski definition) is 2. The van der Waals surface area contributed by atoms with Crippen LogP contribution in [0.1, 0.15) is 26.2 Å². The summed E-state index contributed by atoms with van der Waals surface area (Å²) in [4.78, 5) is 24.2. The molecule has 0 aliphatic heterocycles. The number of rotatable bonds is 9. The molecule has 0 spiro atoms. The number of nitrogens with zero attached hydrogens (tertiary/aromatic N) is 2. The van der Waals surface area contributed by atoms with Gasteiger partial charge < -0.3 is 16.0 Å². The molecule has 1 atom stereocenters. The molecule has 1 unspecified atom stereocenters. The van der Waals surface area contributed by atoms with Gasteiger partial charge in [0.25, 0.3) is 5.69 Å². The predicted octanol–water partition coefficient (Wildman–Crippen LogP) is 2.09. The van der Waals surface area contributed by atoms with Crippen LogP contribution >= 0.6 is 12.4 Å². The molecule has 23 heavy (non-hydrogen) atoms. The molecule has 0 saturated carbocycles. The van der Waals surface area contributed by atoms with Gasteiger partial charge in [0.05, 0.1) is 11.5 Å². The molecule has 0 aliphatic carbocycles. The van der Waals surface area contributed by atoms with Gasteiger partial charge in [-0.25, -0.2) is 0 Å². The van der Waals surface area contributed by atoms with Crippen LogP contribution < -0.4 is 16.0 Å². The summed E-state index contributed by atoms with van der Waals surface area (Å²) in [7, 11) is 1.66. The average Bonchev–Trinajstić information content (AvgIpc) is 2.51. The van der Waals surface area contributed by atoms with E-state index in [0.717, 1.165) is 19.3 Å². The number of nitro benzene ring substituents is 1. The molecule has 0 aromatic heterocycles. The maximum absolute atomic E-state index is 12.1. The molecule has 3 N–H and O–H groups in total. The number of nitrogens with one attached hydrogen (secondary N) is 1. The Morgan fingerprint density at radius 2 is 2.09 bits per heavy atom. The standard InChI is InChI=1S/C15H24N4O3.ClH/c1-3-4-7-12(10-16)17-15(20)11-18(2)13-8-5-6-9-14(13)19(21)22;/h5-6,8-9,12H,3-4,7,10-11,16H2,1-2H3,(H,17,20);1H. The van der Waals surface area contributed by atoms with Gasteiger partial charge in [-0.05, 0) is 12.5 Å². The smallest absolute Gasteiger partial charge is 0.292 e. The molecule has 1 amide bonds. The van der Waals surface area contributed by atoms with Gasteiger partial charge in [-0.1, -0.05) is 31.9 Å². The number of amides is 1. The number of para-hydroxylation sites is 2. The molecule has 8 heteroatoms. The Hall–Kier alpha value is -1.86. The Labute approximate surface area is 142 Å². The second-order valence-corrected chi connectivity index (χ2v) is 5.24. The van der Waals surface area contributed by atoms with Gasteiger partial charge in [0, 0.05) is 25.7 Å². The van der Waals surface area contributed by atoms with Gasteiger partial charge in [0.15, 0.2) is 0 Å². The van der Waals surface area contributed by atoms with E-state index < -0.39 is 4.92 Å². The van der Waals surface area contributed by atoms with Crippen molar-refractivity contribution in [2.45, 2.75) is 32.2 Å². The van der Waals surface area contributed by atoms with E-state index in [9.17, 15) is 14.9 Å². The number of nitro groups is 1. The molecule has 0 fully saturated rings. The normalized spacial score (nSPS) is 11.3. The van der Waals surface area contributed by atoms with Crippen LogP contribution in [0.2, 0.25) is 0 Å². The molecule has 0 heterocycles. The van der Waals surface area contributed by atoms with E-state index in [0.29, 0.717) is 12.2 Å². The second kappa shape index (κ2) is 10.8. The summed E-state index contributed by atoms with van der Waals surface area (Å²) >= 11 is 0. The Balaban J connectivity index is 0.00000484. The van der Waals surface area contributed by atoms with Crippen molar-refractivity contribution in [1.82, 2.24) is 5.32 Å². The number of carbonyl (C=O) groups is 1. The highest BCUT2D eigenvalue weighted by molar-refractivity contribution is 5.85. The number of anilines is 1. The second-order valence-electron chi connectivity index (χ2n) is 5.24. The SMILES string of the molecule is CCCCC(CN)NC(=O)CN(C)c1ccccc1[N+](=O)[O-].Cl. The highest BCUT2D eigenvalue weighted by Gasteiger charge is 2.18. The van der Waals surface area contributed by atoms with Crippen LogP contribution in [0.4, 0.5) is 11.4 Å². The minimum absolute atomic E-state index is 0. The summed E-state index contributed by atoms with van der Waals surface area (Å²) in [5.41, 5.74) is 6.05. The van der Waals surface area contributed by atoms with Crippen molar-refractivity contribution >= 4 is 29.7 Å². The first-order chi connectivity index (χ1) is 10.5. The van der Waals surface area contributed by atoms with E-state index in [1.54, 1.807) is 30.1 Å². The topological polar surface area (TPSA) is 102 Å². The maximum atomic E-state index is 12.1. The fourth-order valence-electron chi connectivity index (χ4n) is 2.21. The lowest BCUT2D eigenvalue weighted by Gasteiger charge is -2.21. The monoisotopic (exact) mass is 344 g/mol. The fraction of sp³-hybridized carbons (Fsp3) is 0.533. The molecule has 1 aromatic carbocycles. The minimum atomic E-state index is -0.451. The van der Waals surface area contributed by atoms with Gasteiger partial charge >= 0.3 is 0 Å². The lowest BCUT2D eigenvalue weighted by molar-refractivity contribution is -0.384. The van der Waals surface area contributed by atoms with Crippen LogP contribution in [-0.2, 0) is 4.79 Å². The lowest BCUT2D eigenvalue weighted by atomic mass is 10.1. The largest absolute Gasteiger partial charge is 0.360 e. The van der Waals surface area contributed by atoms with Crippen molar-refractivity contribution < 1.29 is 9.72 Å². The molecule has 0 radical (unpaired) electrons. The van der Waals surface area contributed by atoms with Gasteiger partial charge in [-0.3, -0.25) is 14.9 Å². The number of likely N-dealkylation sites (N-methyl/N-ethyl adjacent to an activating group) is 1. The number of carbonyl (C=O) groups excluding carboxylic acids is 1. The average molecular weight is 345 g/mol. The van der Waals surface area contributed by atoms with E-state index in [1.165, 1.54) is 6.07 Å². The number of hydrogen-bond acceptors (Lipinski definition) is 5. The predicted molar refractivity (Wildman–Crippen MR) is 94.1 cm³/mol. The quantitative estimate of drug-likeness (QED) is 0.527. The van der Waals surface area contributed by atoms with Crippen LogP contribution in [0.25, 0.3) is 0 Å². The van der Waals surface area contributed by atoms with Crippen LogP contribution in [0.5, 0.6) is 0 Å². The third kappa shape index (κ3) is 6.83. The molecule has 0 aliphatic rings. The summed E-state index contributed by atoms with van der Waals surface area (Å²) in [5.74, 6) is -0.188. The Morgan fingerprint density at radius 1 is 1.43 bits per heavy atom. The molecular formula is C15H25ClN4O3. The molecule has 0 bridgehead atoms. The first-order valence-corrected chi connectivity index (χ1v) is 7.43. The number of nitrogens with two attached hydrogens (primary N) is 1. The summed E-state index contributed by atoms with van der Waals surface area (Å²) in [6, 6.07) is 6.31. The maximum Gasteiger partial charge on any atom is 0.292 e. The van der Waals surface area contributed by atoms with Crippen molar-refractivity contribution in [3.63, 3.8) is 0 Å². The van der Waals surface area contributed by atoms with E-state index >= 15 is 0 Å². The molecular weight excluding hydrogens is 320 g/mol. The van der Waals surface area contributed by atoms with Gasteiger partial charge in [-0.2, -0.15) is 0 Å². The van der Waals surface area contributed by atoms with Crippen LogP contribution in [0.3, 0.4) is 0 Å². The van der Waals surface area contributed by atoms with Gasteiger partial charge in [-0.15, -0.1) is 12.4 Å². The third-order valence-corrected chi connectivity index (χ3v) is 3.43. The number of benzene rings is 1. The van der Waals surface area contributed by atoms with Crippen molar-refractivity contribution in [3.8, 4) is 0 Å². The highest BCUT2D eigenvalue weighted by Crippen LogP contribution is 2.26. The zero-order valence-electron chi connectivity index (χ0n) is 13.5. The van der Waals surface area contributed by atoms with Crippen molar-refractivity contribution in [3.05, 3.63) is 34.4 Å². The number of halogens is 1. The first-order valence-electron chi connectivity index (χ1n) is 7.43. The zero-order valence-corrected chi connectivity index (χ0v) is 14.3. The van der Waals surface area contributed by atoms with Crippen molar-refractivity contribution in [2.75, 3.05) is 25.0 Å². The van der Waals surface area contributed by atoms with E-state index in [4.69, 9.17) is 5.73 Å². The lowest BCUT2D eigenvalue weighted by Crippen LogP contribution is -2.44. The van der Waals surface area contributed by atoms with Crippen LogP contribution in [-0.4, -0.2) is 37.0 Å². The van der Waals surface area contributed by atoms with Crippen molar-refractivity contribution in [2.24, 2.45) is 5.73 Å². The molecule has 130 valence electrons. The summed E-state index contributed by atoms with van der Waals surface area (Å²) in [6.07, 6.45) is 2.89. The Bertz CT molecular complexity index is 513. The van der Waals surface area contributed by atoms with E-state index in [1.807, 2.05) is 0 Å². The fourth-order valence-corrected chi connectivity index (χ4v) is 2.21. The Kier molecular flexibility index (Phi) is 9.92. The summed E-state index contributed by atoms with van der Waals surface area (Å²) in [5, 5.41) is 13.9. The highest BCUT2D eigenvalue weighted by atomic mass is 35.5. The molecule has 7 nitrogen and oxygen atoms in total. The van der Waals surface area contributed by atoms with E-state index in [2.05, 4.69) is 12.2 Å². The number of unbranched alkanes of at least 4 members (excludes halogenated alkanes) is 1. The minimum Gasteiger partial charge on any atom is -0.360 e. The van der Waals surface area contributed by atoms with Gasteiger partial charge in [0.2, 0.25) is 5.91 Å². The van der Waals surface area contributed by atoms with Crippen molar-refractivity contribution in [1.29, 1.82) is 0 Å². The van der Waals surface area contributed by atoms with Gasteiger partial charge in [0.1, 0.15) is 5.69 Å². The first kappa shape index (κ1) is 21.1. The molecule has 1 aromatic rings. The van der Waals surface area contributed by atoms with Crippen LogP contribution in [0.15, 0.2) is 24.3 Å².